The van der Waals surface area contributed by atoms with Crippen LogP contribution in [0.4, 0.5) is 0 Å². The highest BCUT2D eigenvalue weighted by Gasteiger charge is 2.25. The molecule has 2 aliphatic heterocycles. The Balaban J connectivity index is 1.81. The van der Waals surface area contributed by atoms with E-state index in [0.717, 1.165) is 28.6 Å². The molecule has 0 radical (unpaired) electrons. The summed E-state index contributed by atoms with van der Waals surface area (Å²) >= 11 is 0. The number of methoxy groups -OCH3 is 1. The highest BCUT2D eigenvalue weighted by Crippen LogP contribution is 2.40. The van der Waals surface area contributed by atoms with E-state index in [4.69, 9.17) is 14.2 Å². The van der Waals surface area contributed by atoms with Crippen molar-refractivity contribution in [2.75, 3.05) is 13.9 Å². The number of aliphatic hydroxyl groups excluding tert-OH is 1. The molecule has 0 saturated carbocycles. The molecular weight excluding hydrogens is 334 g/mol. The summed E-state index contributed by atoms with van der Waals surface area (Å²) < 4.78 is 18.1. The maximum absolute atomic E-state index is 13.2. The summed E-state index contributed by atoms with van der Waals surface area (Å²) in [6.07, 6.45) is 0.724. The van der Waals surface area contributed by atoms with E-state index in [2.05, 4.69) is 0 Å². The van der Waals surface area contributed by atoms with Gasteiger partial charge in [-0.15, -0.1) is 0 Å². The summed E-state index contributed by atoms with van der Waals surface area (Å²) in [5, 5.41) is 11.0. The van der Waals surface area contributed by atoms with Crippen molar-refractivity contribution in [1.29, 1.82) is 0 Å². The van der Waals surface area contributed by atoms with Gasteiger partial charge in [0.25, 0.3) is 5.56 Å². The lowest BCUT2D eigenvalue weighted by Crippen LogP contribution is -2.26. The van der Waals surface area contributed by atoms with E-state index in [1.807, 2.05) is 30.3 Å². The number of aromatic nitrogens is 1. The van der Waals surface area contributed by atoms with Crippen molar-refractivity contribution >= 4 is 10.8 Å². The van der Waals surface area contributed by atoms with Gasteiger partial charge in [0.1, 0.15) is 5.75 Å². The molecule has 1 N–H and O–H groups in total. The molecule has 26 heavy (non-hydrogen) atoms. The molecule has 0 atom stereocenters. The van der Waals surface area contributed by atoms with E-state index in [0.29, 0.717) is 34.7 Å². The SMILES string of the molecule is COc1cc2c(cc1CO)-c1cc3ccc4c(c3c(=O)n1CC2)OCO4. The van der Waals surface area contributed by atoms with Gasteiger partial charge in [0, 0.05) is 17.7 Å². The fourth-order valence-corrected chi connectivity index (χ4v) is 3.90. The number of aliphatic hydroxyl groups is 1. The number of benzene rings is 2. The summed E-state index contributed by atoms with van der Waals surface area (Å²) in [5.41, 5.74) is 3.54. The number of pyridine rings is 1. The second-order valence-corrected chi connectivity index (χ2v) is 6.48. The molecule has 0 aliphatic carbocycles. The van der Waals surface area contributed by atoms with E-state index in [1.54, 1.807) is 11.7 Å². The van der Waals surface area contributed by atoms with Gasteiger partial charge in [0.15, 0.2) is 11.5 Å². The van der Waals surface area contributed by atoms with E-state index in [1.165, 1.54) is 0 Å². The first kappa shape index (κ1) is 15.3. The van der Waals surface area contributed by atoms with Gasteiger partial charge < -0.3 is 23.9 Å². The molecule has 0 unspecified atom stereocenters. The molecule has 0 saturated heterocycles. The van der Waals surface area contributed by atoms with E-state index in [-0.39, 0.29) is 19.0 Å². The van der Waals surface area contributed by atoms with Crippen LogP contribution in [0.15, 0.2) is 35.1 Å². The van der Waals surface area contributed by atoms with Crippen molar-refractivity contribution in [3.63, 3.8) is 0 Å². The summed E-state index contributed by atoms with van der Waals surface area (Å²) in [6, 6.07) is 9.59. The molecule has 132 valence electrons. The zero-order valence-corrected chi connectivity index (χ0v) is 14.2. The third kappa shape index (κ3) is 1.99. The van der Waals surface area contributed by atoms with Crippen LogP contribution in [0.3, 0.4) is 0 Å². The second-order valence-electron chi connectivity index (χ2n) is 6.48. The molecule has 2 aliphatic rings. The zero-order valence-electron chi connectivity index (χ0n) is 14.2. The zero-order chi connectivity index (χ0) is 17.8. The molecule has 0 bridgehead atoms. The Morgan fingerprint density at radius 1 is 1.23 bits per heavy atom. The Morgan fingerprint density at radius 3 is 2.92 bits per heavy atom. The fourth-order valence-electron chi connectivity index (χ4n) is 3.90. The molecule has 0 spiro atoms. The number of nitrogens with zero attached hydrogens (tertiary/aromatic N) is 1. The van der Waals surface area contributed by atoms with Gasteiger partial charge in [-0.1, -0.05) is 6.07 Å². The predicted octanol–water partition coefficient (Wildman–Crippen LogP) is 2.45. The maximum Gasteiger partial charge on any atom is 0.262 e. The van der Waals surface area contributed by atoms with Gasteiger partial charge in [-0.05, 0) is 41.6 Å². The van der Waals surface area contributed by atoms with Crippen LogP contribution in [0.5, 0.6) is 17.2 Å². The van der Waals surface area contributed by atoms with Gasteiger partial charge in [-0.25, -0.2) is 0 Å². The Bertz CT molecular complexity index is 1120. The molecule has 5 rings (SSSR count). The van der Waals surface area contributed by atoms with Crippen LogP contribution in [-0.2, 0) is 19.6 Å². The van der Waals surface area contributed by atoms with Gasteiger partial charge in [0.05, 0.1) is 24.8 Å². The van der Waals surface area contributed by atoms with Gasteiger partial charge in [-0.3, -0.25) is 4.79 Å². The Labute approximate surface area is 149 Å². The standard InChI is InChI=1S/C20H17NO5/c1-24-17-8-11-4-5-21-15(14(11)6-13(17)9-22)7-12-2-3-16-19(26-10-25-16)18(12)20(21)23/h2-3,6-8,22H,4-5,9-10H2,1H3. The minimum absolute atomic E-state index is 0.0770. The molecule has 6 nitrogen and oxygen atoms in total. The van der Waals surface area contributed by atoms with Crippen LogP contribution in [0.1, 0.15) is 11.1 Å². The third-order valence-electron chi connectivity index (χ3n) is 5.17. The minimum Gasteiger partial charge on any atom is -0.496 e. The average Bonchev–Trinajstić information content (AvgIpc) is 3.15. The quantitative estimate of drug-likeness (QED) is 0.768. The van der Waals surface area contributed by atoms with Crippen LogP contribution in [0.25, 0.3) is 22.0 Å². The Morgan fingerprint density at radius 2 is 2.12 bits per heavy atom. The first-order chi connectivity index (χ1) is 12.7. The van der Waals surface area contributed by atoms with Crippen LogP contribution in [0, 0.1) is 0 Å². The normalized spacial score (nSPS) is 14.2. The van der Waals surface area contributed by atoms with Crippen LogP contribution >= 0.6 is 0 Å². The van der Waals surface area contributed by atoms with Crippen molar-refractivity contribution in [3.05, 3.63) is 51.8 Å². The lowest BCUT2D eigenvalue weighted by Gasteiger charge is -2.24. The number of fused-ring (bicyclic) bond motifs is 6. The molecule has 3 heterocycles. The molecule has 6 heteroatoms. The van der Waals surface area contributed by atoms with E-state index >= 15 is 0 Å². The third-order valence-corrected chi connectivity index (χ3v) is 5.17. The minimum atomic E-state index is -0.118. The lowest BCUT2D eigenvalue weighted by atomic mass is 9.93. The van der Waals surface area contributed by atoms with E-state index in [9.17, 15) is 9.90 Å². The van der Waals surface area contributed by atoms with Gasteiger partial charge in [-0.2, -0.15) is 0 Å². The monoisotopic (exact) mass is 351 g/mol. The topological polar surface area (TPSA) is 69.9 Å². The highest BCUT2D eigenvalue weighted by atomic mass is 16.7. The molecule has 1 aromatic heterocycles. The van der Waals surface area contributed by atoms with Crippen molar-refractivity contribution in [1.82, 2.24) is 4.57 Å². The number of aryl methyl sites for hydroxylation is 1. The molecule has 0 amide bonds. The van der Waals surface area contributed by atoms with Crippen molar-refractivity contribution in [3.8, 4) is 28.5 Å². The summed E-state index contributed by atoms with van der Waals surface area (Å²) in [4.78, 5) is 13.2. The Kier molecular flexibility index (Phi) is 3.24. The summed E-state index contributed by atoms with van der Waals surface area (Å²) in [6.45, 7) is 0.605. The molecule has 2 aromatic carbocycles. The van der Waals surface area contributed by atoms with E-state index < -0.39 is 0 Å². The first-order valence-electron chi connectivity index (χ1n) is 8.48. The molecule has 0 fully saturated rings. The number of hydrogen-bond acceptors (Lipinski definition) is 5. The smallest absolute Gasteiger partial charge is 0.262 e. The molecule has 3 aromatic rings. The summed E-state index contributed by atoms with van der Waals surface area (Å²) in [5.74, 6) is 1.81. The maximum atomic E-state index is 13.2. The second kappa shape index (κ2) is 5.51. The van der Waals surface area contributed by atoms with Crippen LogP contribution in [-0.4, -0.2) is 23.6 Å². The Hall–Kier alpha value is -2.99. The largest absolute Gasteiger partial charge is 0.496 e. The molecular formula is C20H17NO5. The van der Waals surface area contributed by atoms with Crippen LogP contribution < -0.4 is 19.8 Å². The summed E-state index contributed by atoms with van der Waals surface area (Å²) in [7, 11) is 1.60. The van der Waals surface area contributed by atoms with Gasteiger partial charge in [0.2, 0.25) is 6.79 Å². The first-order valence-corrected chi connectivity index (χ1v) is 8.48. The number of rotatable bonds is 2. The average molecular weight is 351 g/mol. The number of hydrogen-bond donors (Lipinski definition) is 1. The fraction of sp³-hybridized carbons (Fsp3) is 0.250. The van der Waals surface area contributed by atoms with Gasteiger partial charge >= 0.3 is 0 Å². The van der Waals surface area contributed by atoms with Crippen molar-refractivity contribution in [2.45, 2.75) is 19.6 Å². The predicted molar refractivity (Wildman–Crippen MR) is 95.9 cm³/mol. The van der Waals surface area contributed by atoms with Crippen molar-refractivity contribution < 1.29 is 19.3 Å². The number of ether oxygens (including phenoxy) is 3. The van der Waals surface area contributed by atoms with Crippen LogP contribution in [0.2, 0.25) is 0 Å². The lowest BCUT2D eigenvalue weighted by molar-refractivity contribution is 0.174. The van der Waals surface area contributed by atoms with Crippen molar-refractivity contribution in [2.24, 2.45) is 0 Å². The highest BCUT2D eigenvalue weighted by molar-refractivity contribution is 5.93.